The molecule has 2 amide bonds. The molecular weight excluding hydrogens is 505 g/mol. The van der Waals surface area contributed by atoms with Crippen LogP contribution in [0.25, 0.3) is 22.0 Å². The summed E-state index contributed by atoms with van der Waals surface area (Å²) in [6, 6.07) is 7.24. The first-order chi connectivity index (χ1) is 17.1. The van der Waals surface area contributed by atoms with Crippen LogP contribution in [0.15, 0.2) is 43.1 Å². The topological polar surface area (TPSA) is 134 Å². The number of carbonyl (C=O) groups excluding carboxylic acids is 2. The van der Waals surface area contributed by atoms with Crippen LogP contribution in [-0.4, -0.2) is 54.0 Å². The highest BCUT2D eigenvalue weighted by molar-refractivity contribution is 6.41. The Morgan fingerprint density at radius 2 is 1.64 bits per heavy atom. The molecular formula is C25H29Cl2N5O4. The number of hydrogen-bond acceptors (Lipinski definition) is 7. The van der Waals surface area contributed by atoms with Gasteiger partial charge in [-0.15, -0.1) is 0 Å². The van der Waals surface area contributed by atoms with E-state index >= 15 is 0 Å². The maximum atomic E-state index is 10.6. The number of likely N-dealkylation sites (tertiary alicyclic amines) is 1. The Morgan fingerprint density at radius 1 is 1.08 bits per heavy atom. The predicted octanol–water partition coefficient (Wildman–Crippen LogP) is 4.49. The van der Waals surface area contributed by atoms with Crippen LogP contribution in [0, 0.1) is 0 Å². The predicted molar refractivity (Wildman–Crippen MR) is 143 cm³/mol. The number of nitrogens with two attached hydrogens (primary N) is 2. The maximum absolute atomic E-state index is 10.6. The van der Waals surface area contributed by atoms with Crippen LogP contribution >= 0.6 is 23.2 Å². The van der Waals surface area contributed by atoms with Gasteiger partial charge in [-0.1, -0.05) is 35.8 Å². The van der Waals surface area contributed by atoms with Gasteiger partial charge < -0.3 is 25.8 Å². The van der Waals surface area contributed by atoms with Gasteiger partial charge >= 0.3 is 0 Å². The monoisotopic (exact) mass is 533 g/mol. The second-order valence-electron chi connectivity index (χ2n) is 7.61. The lowest BCUT2D eigenvalue weighted by molar-refractivity contribution is -0.127. The van der Waals surface area contributed by atoms with Gasteiger partial charge in [-0.05, 0) is 36.6 Å². The number of ether oxygens (including phenoxy) is 2. The molecule has 1 aromatic heterocycles. The smallest absolute Gasteiger partial charge is 0.240 e. The van der Waals surface area contributed by atoms with Crippen molar-refractivity contribution in [1.29, 1.82) is 0 Å². The van der Waals surface area contributed by atoms with E-state index in [2.05, 4.69) is 22.3 Å². The highest BCUT2D eigenvalue weighted by Crippen LogP contribution is 2.46. The first kappa shape index (κ1) is 28.7. The average molecular weight is 534 g/mol. The van der Waals surface area contributed by atoms with Crippen molar-refractivity contribution in [3.8, 4) is 22.6 Å². The molecule has 0 atom stereocenters. The number of halogens is 2. The fourth-order valence-electron chi connectivity index (χ4n) is 3.37. The summed E-state index contributed by atoms with van der Waals surface area (Å²) in [5, 5.41) is 1.65. The third-order valence-electron chi connectivity index (χ3n) is 5.21. The molecule has 3 aromatic rings. The zero-order chi connectivity index (χ0) is 26.8. The number of methoxy groups -OCH3 is 2. The molecule has 1 saturated heterocycles. The summed E-state index contributed by atoms with van der Waals surface area (Å²) < 4.78 is 10.6. The Hall–Kier alpha value is -3.56. The molecule has 1 fully saturated rings. The number of aromatic nitrogens is 2. The lowest BCUT2D eigenvalue weighted by Crippen LogP contribution is -2.24. The molecule has 192 valence electrons. The fraction of sp³-hybridized carbons (Fsp3) is 0.280. The first-order valence-corrected chi connectivity index (χ1v) is 11.7. The van der Waals surface area contributed by atoms with Gasteiger partial charge in [-0.25, -0.2) is 9.97 Å². The first-order valence-electron chi connectivity index (χ1n) is 10.9. The number of primary amides is 1. The van der Waals surface area contributed by atoms with Gasteiger partial charge in [-0.2, -0.15) is 0 Å². The number of nitrogen functional groups attached to an aromatic ring is 1. The van der Waals surface area contributed by atoms with Crippen LogP contribution in [0.1, 0.15) is 19.8 Å². The molecule has 2 heterocycles. The minimum atomic E-state index is -0.481. The Kier molecular flexibility index (Phi) is 10.8. The van der Waals surface area contributed by atoms with Gasteiger partial charge in [0.2, 0.25) is 17.8 Å². The number of rotatable bonds is 4. The van der Waals surface area contributed by atoms with Crippen LogP contribution in [0.5, 0.6) is 11.5 Å². The van der Waals surface area contributed by atoms with Crippen molar-refractivity contribution in [3.63, 3.8) is 0 Å². The van der Waals surface area contributed by atoms with Gasteiger partial charge in [0.05, 0.1) is 29.8 Å². The molecule has 0 unspecified atom stereocenters. The van der Waals surface area contributed by atoms with Gasteiger partial charge in [0.1, 0.15) is 11.5 Å². The minimum Gasteiger partial charge on any atom is -0.495 e. The van der Waals surface area contributed by atoms with E-state index in [-0.39, 0.29) is 11.9 Å². The van der Waals surface area contributed by atoms with Crippen molar-refractivity contribution in [2.24, 2.45) is 5.73 Å². The zero-order valence-corrected chi connectivity index (χ0v) is 21.9. The lowest BCUT2D eigenvalue weighted by atomic mass is 10.0. The quantitative estimate of drug-likeness (QED) is 0.471. The van der Waals surface area contributed by atoms with Crippen molar-refractivity contribution in [1.82, 2.24) is 14.9 Å². The number of anilines is 1. The van der Waals surface area contributed by atoms with E-state index in [0.29, 0.717) is 27.1 Å². The van der Waals surface area contributed by atoms with Crippen molar-refractivity contribution >= 4 is 51.9 Å². The number of carbonyl (C=O) groups is 2. The van der Waals surface area contributed by atoms with E-state index < -0.39 is 5.91 Å². The van der Waals surface area contributed by atoms with E-state index in [9.17, 15) is 9.59 Å². The van der Waals surface area contributed by atoms with Gasteiger partial charge in [0, 0.05) is 43.2 Å². The molecule has 2 aromatic carbocycles. The van der Waals surface area contributed by atoms with Crippen molar-refractivity contribution in [2.45, 2.75) is 19.8 Å². The largest absolute Gasteiger partial charge is 0.495 e. The standard InChI is InChI=1S/C16H13Cl2N3O2.C6H11NO.C3H5NO/c1-22-11-6-12(23-2)15(18)13(14(11)17)8-3-4-10-9(5-8)7-20-16(19)21-10;1-6(8)7-4-2-3-5-7;1-2-3(4)5/h3-7H,1-2H3,(H2,19,20,21);2-5H2,1H3;2H,1H2,(H2,4,5). The summed E-state index contributed by atoms with van der Waals surface area (Å²) in [6.07, 6.45) is 5.10. The Bertz CT molecular complexity index is 1220. The van der Waals surface area contributed by atoms with Crippen molar-refractivity contribution < 1.29 is 19.1 Å². The summed E-state index contributed by atoms with van der Waals surface area (Å²) in [5.41, 5.74) is 12.3. The number of benzene rings is 2. The fourth-order valence-corrected chi connectivity index (χ4v) is 4.09. The molecule has 36 heavy (non-hydrogen) atoms. The molecule has 4 rings (SSSR count). The number of amides is 2. The third-order valence-corrected chi connectivity index (χ3v) is 5.96. The van der Waals surface area contributed by atoms with E-state index in [0.717, 1.165) is 35.6 Å². The lowest BCUT2D eigenvalue weighted by Gasteiger charge is -2.15. The summed E-state index contributed by atoms with van der Waals surface area (Å²) in [6.45, 7) is 6.68. The van der Waals surface area contributed by atoms with E-state index in [4.69, 9.17) is 38.4 Å². The minimum absolute atomic E-state index is 0.225. The number of fused-ring (bicyclic) bond motifs is 1. The highest BCUT2D eigenvalue weighted by Gasteiger charge is 2.19. The second kappa shape index (κ2) is 13.5. The van der Waals surface area contributed by atoms with Crippen LogP contribution in [0.3, 0.4) is 0 Å². The van der Waals surface area contributed by atoms with Crippen LogP contribution in [0.2, 0.25) is 10.0 Å². The summed E-state index contributed by atoms with van der Waals surface area (Å²) >= 11 is 12.9. The molecule has 1 aliphatic rings. The van der Waals surface area contributed by atoms with Crippen LogP contribution < -0.4 is 20.9 Å². The molecule has 0 radical (unpaired) electrons. The molecule has 9 nitrogen and oxygen atoms in total. The maximum Gasteiger partial charge on any atom is 0.240 e. The second-order valence-corrected chi connectivity index (χ2v) is 8.36. The summed E-state index contributed by atoms with van der Waals surface area (Å²) in [7, 11) is 3.07. The van der Waals surface area contributed by atoms with Crippen molar-refractivity contribution in [3.05, 3.63) is 53.2 Å². The molecule has 11 heteroatoms. The highest BCUT2D eigenvalue weighted by atomic mass is 35.5. The third kappa shape index (κ3) is 7.47. The summed E-state index contributed by atoms with van der Waals surface area (Å²) in [4.78, 5) is 30.1. The average Bonchev–Trinajstić information content (AvgIpc) is 3.41. The molecule has 1 aliphatic heterocycles. The van der Waals surface area contributed by atoms with Crippen LogP contribution in [-0.2, 0) is 9.59 Å². The normalized spacial score (nSPS) is 12.1. The van der Waals surface area contributed by atoms with Crippen molar-refractivity contribution in [2.75, 3.05) is 33.0 Å². The molecule has 4 N–H and O–H groups in total. The summed E-state index contributed by atoms with van der Waals surface area (Å²) in [5.74, 6) is 0.935. The van der Waals surface area contributed by atoms with E-state index in [1.807, 2.05) is 23.1 Å². The zero-order valence-electron chi connectivity index (χ0n) is 20.4. The number of nitrogens with zero attached hydrogens (tertiary/aromatic N) is 3. The Morgan fingerprint density at radius 3 is 2.08 bits per heavy atom. The van der Waals surface area contributed by atoms with Gasteiger partial charge in [0.15, 0.2) is 0 Å². The van der Waals surface area contributed by atoms with Crippen LogP contribution in [0.4, 0.5) is 5.95 Å². The molecule has 0 aliphatic carbocycles. The number of hydrogen-bond donors (Lipinski definition) is 2. The van der Waals surface area contributed by atoms with E-state index in [1.54, 1.807) is 19.2 Å². The van der Waals surface area contributed by atoms with E-state index in [1.165, 1.54) is 27.1 Å². The molecule has 0 saturated carbocycles. The Labute approximate surface area is 220 Å². The SMILES string of the molecule is C=CC(N)=O.CC(=O)N1CCCC1.COc1cc(OC)c(Cl)c(-c2ccc3nc(N)ncc3c2)c1Cl. The molecule has 0 spiro atoms. The van der Waals surface area contributed by atoms with Gasteiger partial charge in [-0.3, -0.25) is 9.59 Å². The van der Waals surface area contributed by atoms with Gasteiger partial charge in [0.25, 0.3) is 0 Å². The Balaban J connectivity index is 0.000000288. The molecule has 0 bridgehead atoms.